The fourth-order valence-electron chi connectivity index (χ4n) is 1.47. The van der Waals surface area contributed by atoms with Crippen molar-refractivity contribution < 1.29 is 19.8 Å². The normalized spacial score (nSPS) is 37.9. The van der Waals surface area contributed by atoms with Crippen LogP contribution in [0.25, 0.3) is 0 Å². The quantitative estimate of drug-likeness (QED) is 0.760. The Labute approximate surface area is 97.9 Å². The van der Waals surface area contributed by atoms with Crippen molar-refractivity contribution in [3.63, 3.8) is 0 Å². The number of hydrogen-bond donors (Lipinski definition) is 2. The molecule has 0 heterocycles. The third-order valence-electron chi connectivity index (χ3n) is 2.60. The molecule has 2 N–H and O–H groups in total. The van der Waals surface area contributed by atoms with E-state index in [0.717, 1.165) is 0 Å². The van der Waals surface area contributed by atoms with Crippen molar-refractivity contribution in [3.05, 3.63) is 0 Å². The number of carboxylic acid groups (broad SMARTS) is 2. The van der Waals surface area contributed by atoms with Crippen LogP contribution in [0.1, 0.15) is 25.7 Å². The van der Waals surface area contributed by atoms with Gasteiger partial charge in [0.05, 0.1) is 0 Å². The summed E-state index contributed by atoms with van der Waals surface area (Å²) in [7, 11) is 0. The highest BCUT2D eigenvalue weighted by molar-refractivity contribution is 9.10. The smallest absolute Gasteiger partial charge is 0.320 e. The highest BCUT2D eigenvalue weighted by Crippen LogP contribution is 2.44. The largest absolute Gasteiger partial charge is 0.480 e. The second-order valence-corrected chi connectivity index (χ2v) is 6.58. The van der Waals surface area contributed by atoms with Gasteiger partial charge in [-0.1, -0.05) is 31.9 Å². The summed E-state index contributed by atoms with van der Waals surface area (Å²) in [5.41, 5.74) is 0. The molecule has 4 nitrogen and oxygen atoms in total. The first-order valence-corrected chi connectivity index (χ1v) is 5.73. The number of carboxylic acids is 2. The van der Waals surface area contributed by atoms with Gasteiger partial charge in [-0.15, -0.1) is 0 Å². The molecule has 0 amide bonds. The zero-order valence-electron chi connectivity index (χ0n) is 7.30. The summed E-state index contributed by atoms with van der Waals surface area (Å²) in [4.78, 5) is 21.7. The van der Waals surface area contributed by atoms with Crippen molar-refractivity contribution in [3.8, 4) is 0 Å². The molecular formula is C8H10Br2O4. The van der Waals surface area contributed by atoms with Crippen LogP contribution in [0, 0.1) is 0 Å². The molecule has 0 aliphatic heterocycles. The van der Waals surface area contributed by atoms with Crippen LogP contribution in [0.3, 0.4) is 0 Å². The molecule has 1 saturated carbocycles. The van der Waals surface area contributed by atoms with Crippen LogP contribution in [0.4, 0.5) is 0 Å². The summed E-state index contributed by atoms with van der Waals surface area (Å²) in [5, 5.41) is 17.8. The van der Waals surface area contributed by atoms with E-state index in [1.54, 1.807) is 0 Å². The number of hydrogen-bond acceptors (Lipinski definition) is 2. The molecule has 0 atom stereocenters. The molecule has 6 heteroatoms. The van der Waals surface area contributed by atoms with Gasteiger partial charge in [0.2, 0.25) is 0 Å². The summed E-state index contributed by atoms with van der Waals surface area (Å²) >= 11 is 6.30. The van der Waals surface area contributed by atoms with E-state index in [1.165, 1.54) is 0 Å². The van der Waals surface area contributed by atoms with E-state index in [1.807, 2.05) is 0 Å². The van der Waals surface area contributed by atoms with E-state index in [4.69, 9.17) is 10.2 Å². The Kier molecular flexibility index (Phi) is 3.26. The number of rotatable bonds is 2. The molecule has 0 radical (unpaired) electrons. The predicted molar refractivity (Wildman–Crippen MR) is 57.1 cm³/mol. The van der Waals surface area contributed by atoms with Crippen molar-refractivity contribution in [1.29, 1.82) is 0 Å². The molecule has 1 fully saturated rings. The highest BCUT2D eigenvalue weighted by atomic mass is 79.9. The van der Waals surface area contributed by atoms with E-state index in [9.17, 15) is 9.59 Å². The Hall–Kier alpha value is -0.100. The third kappa shape index (κ3) is 2.11. The molecule has 0 bridgehead atoms. The minimum absolute atomic E-state index is 0.319. The van der Waals surface area contributed by atoms with Crippen molar-refractivity contribution in [1.82, 2.24) is 0 Å². The fraction of sp³-hybridized carbons (Fsp3) is 0.750. The highest BCUT2D eigenvalue weighted by Gasteiger charge is 2.48. The van der Waals surface area contributed by atoms with Crippen LogP contribution in [-0.4, -0.2) is 30.8 Å². The van der Waals surface area contributed by atoms with Crippen LogP contribution >= 0.6 is 31.9 Å². The Morgan fingerprint density at radius 1 is 0.857 bits per heavy atom. The molecule has 0 spiro atoms. The molecule has 1 rings (SSSR count). The van der Waals surface area contributed by atoms with E-state index in [0.29, 0.717) is 25.7 Å². The lowest BCUT2D eigenvalue weighted by molar-refractivity contribution is -0.144. The SMILES string of the molecule is O=C(O)C1(Br)CCC(Br)(C(=O)O)CC1. The van der Waals surface area contributed by atoms with Gasteiger partial charge < -0.3 is 10.2 Å². The summed E-state index contributed by atoms with van der Waals surface area (Å²) < 4.78 is -1.89. The number of halogens is 2. The summed E-state index contributed by atoms with van der Waals surface area (Å²) in [5.74, 6) is -1.84. The maximum absolute atomic E-state index is 10.8. The molecule has 0 unspecified atom stereocenters. The van der Waals surface area contributed by atoms with Gasteiger partial charge in [-0.05, 0) is 25.7 Å². The van der Waals surface area contributed by atoms with E-state index < -0.39 is 20.6 Å². The predicted octanol–water partition coefficient (Wildman–Crippen LogP) is 2.00. The molecule has 0 aromatic heterocycles. The lowest BCUT2D eigenvalue weighted by Crippen LogP contribution is -2.44. The molecule has 0 aromatic rings. The zero-order valence-corrected chi connectivity index (χ0v) is 10.5. The molecule has 80 valence electrons. The van der Waals surface area contributed by atoms with Gasteiger partial charge in [-0.25, -0.2) is 0 Å². The van der Waals surface area contributed by atoms with Crippen LogP contribution in [0.5, 0.6) is 0 Å². The Bertz CT molecular complexity index is 241. The zero-order chi connectivity index (χ0) is 11.0. The van der Waals surface area contributed by atoms with Gasteiger partial charge in [0, 0.05) is 0 Å². The molecule has 0 saturated heterocycles. The number of alkyl halides is 2. The number of carbonyl (C=O) groups is 2. The second-order valence-electron chi connectivity index (χ2n) is 3.54. The van der Waals surface area contributed by atoms with E-state index in [-0.39, 0.29) is 0 Å². The minimum Gasteiger partial charge on any atom is -0.480 e. The summed E-state index contributed by atoms with van der Waals surface area (Å²) in [6.45, 7) is 0. The van der Waals surface area contributed by atoms with Gasteiger partial charge in [0.15, 0.2) is 0 Å². The number of aliphatic carboxylic acids is 2. The van der Waals surface area contributed by atoms with Crippen molar-refractivity contribution in [2.45, 2.75) is 34.3 Å². The van der Waals surface area contributed by atoms with Crippen molar-refractivity contribution in [2.75, 3.05) is 0 Å². The van der Waals surface area contributed by atoms with Gasteiger partial charge in [-0.3, -0.25) is 9.59 Å². The van der Waals surface area contributed by atoms with Crippen molar-refractivity contribution in [2.24, 2.45) is 0 Å². The first kappa shape index (κ1) is 12.0. The van der Waals surface area contributed by atoms with Gasteiger partial charge in [0.25, 0.3) is 0 Å². The summed E-state index contributed by atoms with van der Waals surface area (Å²) in [6, 6.07) is 0. The van der Waals surface area contributed by atoms with Crippen LogP contribution in [-0.2, 0) is 9.59 Å². The third-order valence-corrected chi connectivity index (χ3v) is 4.87. The first-order chi connectivity index (χ1) is 6.30. The van der Waals surface area contributed by atoms with E-state index >= 15 is 0 Å². The molecular weight excluding hydrogens is 320 g/mol. The Balaban J connectivity index is 2.71. The van der Waals surface area contributed by atoms with Crippen LogP contribution in [0.2, 0.25) is 0 Å². The van der Waals surface area contributed by atoms with Crippen LogP contribution in [0.15, 0.2) is 0 Å². The van der Waals surface area contributed by atoms with Gasteiger partial charge >= 0.3 is 11.9 Å². The lowest BCUT2D eigenvalue weighted by atomic mass is 9.82. The molecule has 14 heavy (non-hydrogen) atoms. The Morgan fingerprint density at radius 2 is 1.07 bits per heavy atom. The van der Waals surface area contributed by atoms with Gasteiger partial charge in [-0.2, -0.15) is 0 Å². The minimum atomic E-state index is -0.945. The van der Waals surface area contributed by atoms with Crippen LogP contribution < -0.4 is 0 Å². The van der Waals surface area contributed by atoms with Gasteiger partial charge in [0.1, 0.15) is 8.65 Å². The van der Waals surface area contributed by atoms with E-state index in [2.05, 4.69) is 31.9 Å². The summed E-state index contributed by atoms with van der Waals surface area (Å²) in [6.07, 6.45) is 1.28. The average Bonchev–Trinajstić information content (AvgIpc) is 2.10. The maximum atomic E-state index is 10.8. The topological polar surface area (TPSA) is 74.6 Å². The lowest BCUT2D eigenvalue weighted by Gasteiger charge is -2.35. The molecule has 1 aliphatic carbocycles. The standard InChI is InChI=1S/C8H10Br2O4/c9-7(5(11)12)1-2-8(10,4-3-7)6(13)14/h1-4H2,(H,11,12)(H,13,14). The molecule has 0 aromatic carbocycles. The monoisotopic (exact) mass is 328 g/mol. The molecule has 1 aliphatic rings. The Morgan fingerprint density at radius 3 is 1.21 bits per heavy atom. The van der Waals surface area contributed by atoms with Crippen molar-refractivity contribution >= 4 is 43.8 Å². The first-order valence-electron chi connectivity index (χ1n) is 4.15. The second kappa shape index (κ2) is 3.81. The average molecular weight is 330 g/mol. The maximum Gasteiger partial charge on any atom is 0.320 e. The fourth-order valence-corrected chi connectivity index (χ4v) is 2.26.